The second-order valence-corrected chi connectivity index (χ2v) is 7.26. The maximum Gasteiger partial charge on any atom is 0.155 e. The zero-order valence-corrected chi connectivity index (χ0v) is 17.1. The van der Waals surface area contributed by atoms with E-state index in [0.29, 0.717) is 49.8 Å². The van der Waals surface area contributed by atoms with Gasteiger partial charge in [0.1, 0.15) is 29.7 Å². The second kappa shape index (κ2) is 11.1. The summed E-state index contributed by atoms with van der Waals surface area (Å²) in [5.41, 5.74) is -0.189. The standard InChI is InChI=1S/C22H29F2NO4/c1-16(26)15-25-22(2,3)29-20-8-6-19(7-9-20)28-13-12-27-11-10-17-4-5-18(23)14-21(17)24/h4-9,14,16,25-26H,10-13,15H2,1-3H3. The average molecular weight is 409 g/mol. The van der Waals surface area contributed by atoms with E-state index < -0.39 is 23.5 Å². The van der Waals surface area contributed by atoms with Crippen LogP contribution in [0.25, 0.3) is 0 Å². The molecule has 1 unspecified atom stereocenters. The number of hydrogen-bond acceptors (Lipinski definition) is 5. The lowest BCUT2D eigenvalue weighted by atomic mass is 10.1. The Morgan fingerprint density at radius 1 is 1.00 bits per heavy atom. The van der Waals surface area contributed by atoms with Gasteiger partial charge in [0.15, 0.2) is 5.72 Å². The van der Waals surface area contributed by atoms with Gasteiger partial charge in [0.05, 0.1) is 19.3 Å². The van der Waals surface area contributed by atoms with Crippen LogP contribution in [0.15, 0.2) is 42.5 Å². The summed E-state index contributed by atoms with van der Waals surface area (Å²) in [5, 5.41) is 12.5. The summed E-state index contributed by atoms with van der Waals surface area (Å²) in [6.45, 7) is 6.95. The Morgan fingerprint density at radius 3 is 2.34 bits per heavy atom. The molecule has 0 fully saturated rings. The lowest BCUT2D eigenvalue weighted by Crippen LogP contribution is -2.47. The number of halogens is 2. The number of benzene rings is 2. The molecular weight excluding hydrogens is 380 g/mol. The maximum absolute atomic E-state index is 13.5. The molecule has 2 rings (SSSR count). The van der Waals surface area contributed by atoms with Crippen molar-refractivity contribution in [3.8, 4) is 11.5 Å². The van der Waals surface area contributed by atoms with Crippen LogP contribution in [0.4, 0.5) is 8.78 Å². The summed E-state index contributed by atoms with van der Waals surface area (Å²) in [6.07, 6.45) is -0.0811. The minimum atomic E-state index is -0.614. The zero-order chi connectivity index (χ0) is 21.3. The smallest absolute Gasteiger partial charge is 0.155 e. The Labute approximate surface area is 170 Å². The van der Waals surface area contributed by atoms with Crippen LogP contribution in [0, 0.1) is 11.6 Å². The van der Waals surface area contributed by atoms with E-state index in [-0.39, 0.29) is 0 Å². The van der Waals surface area contributed by atoms with Gasteiger partial charge in [0.25, 0.3) is 0 Å². The van der Waals surface area contributed by atoms with E-state index in [1.165, 1.54) is 12.1 Å². The Morgan fingerprint density at radius 2 is 1.69 bits per heavy atom. The topological polar surface area (TPSA) is 60.0 Å². The van der Waals surface area contributed by atoms with E-state index in [1.54, 1.807) is 31.2 Å². The van der Waals surface area contributed by atoms with Crippen LogP contribution in [0.3, 0.4) is 0 Å². The third-order valence-corrected chi connectivity index (χ3v) is 4.05. The number of aliphatic hydroxyl groups is 1. The van der Waals surface area contributed by atoms with Crippen LogP contribution >= 0.6 is 0 Å². The quantitative estimate of drug-likeness (QED) is 0.414. The molecule has 2 aromatic rings. The van der Waals surface area contributed by atoms with E-state index in [1.807, 2.05) is 13.8 Å². The molecule has 0 aromatic heterocycles. The van der Waals surface area contributed by atoms with Crippen LogP contribution in [-0.4, -0.2) is 43.3 Å². The highest BCUT2D eigenvalue weighted by molar-refractivity contribution is 5.31. The third-order valence-electron chi connectivity index (χ3n) is 4.05. The Bertz CT molecular complexity index is 751. The number of ether oxygens (including phenoxy) is 3. The van der Waals surface area contributed by atoms with Crippen molar-refractivity contribution in [2.24, 2.45) is 0 Å². The van der Waals surface area contributed by atoms with Crippen molar-refractivity contribution in [2.45, 2.75) is 39.0 Å². The van der Waals surface area contributed by atoms with Crippen molar-refractivity contribution in [2.75, 3.05) is 26.4 Å². The van der Waals surface area contributed by atoms with E-state index in [9.17, 15) is 13.9 Å². The monoisotopic (exact) mass is 409 g/mol. The number of hydrogen-bond donors (Lipinski definition) is 2. The molecule has 0 spiro atoms. The van der Waals surface area contributed by atoms with Gasteiger partial charge in [-0.15, -0.1) is 0 Å². The van der Waals surface area contributed by atoms with Gasteiger partial charge in [-0.2, -0.15) is 0 Å². The molecule has 0 heterocycles. The summed E-state index contributed by atoms with van der Waals surface area (Å²) in [5.74, 6) is 0.214. The van der Waals surface area contributed by atoms with Gasteiger partial charge in [0.2, 0.25) is 0 Å². The minimum Gasteiger partial charge on any atom is -0.491 e. The van der Waals surface area contributed by atoms with Crippen molar-refractivity contribution in [3.63, 3.8) is 0 Å². The predicted molar refractivity (Wildman–Crippen MR) is 107 cm³/mol. The maximum atomic E-state index is 13.5. The third kappa shape index (κ3) is 8.77. The molecule has 160 valence electrons. The summed E-state index contributed by atoms with van der Waals surface area (Å²) in [6, 6.07) is 10.7. The van der Waals surface area contributed by atoms with Gasteiger partial charge in [-0.3, -0.25) is 5.32 Å². The van der Waals surface area contributed by atoms with Gasteiger partial charge in [-0.25, -0.2) is 8.78 Å². The molecule has 29 heavy (non-hydrogen) atoms. The highest BCUT2D eigenvalue weighted by Crippen LogP contribution is 2.21. The summed E-state index contributed by atoms with van der Waals surface area (Å²) in [7, 11) is 0. The predicted octanol–water partition coefficient (Wildman–Crippen LogP) is 3.69. The molecule has 0 saturated heterocycles. The van der Waals surface area contributed by atoms with Crippen molar-refractivity contribution in [1.82, 2.24) is 5.32 Å². The molecule has 0 aliphatic heterocycles. The first-order chi connectivity index (χ1) is 13.7. The molecule has 0 bridgehead atoms. The van der Waals surface area contributed by atoms with Crippen molar-refractivity contribution in [3.05, 3.63) is 59.7 Å². The highest BCUT2D eigenvalue weighted by atomic mass is 19.1. The first-order valence-corrected chi connectivity index (χ1v) is 9.62. The van der Waals surface area contributed by atoms with Crippen molar-refractivity contribution < 1.29 is 28.1 Å². The first-order valence-electron chi connectivity index (χ1n) is 9.62. The Balaban J connectivity index is 1.65. The van der Waals surface area contributed by atoms with Crippen molar-refractivity contribution >= 4 is 0 Å². The molecule has 0 amide bonds. The van der Waals surface area contributed by atoms with Gasteiger partial charge >= 0.3 is 0 Å². The fourth-order valence-electron chi connectivity index (χ4n) is 2.56. The molecule has 5 nitrogen and oxygen atoms in total. The fourth-order valence-corrected chi connectivity index (χ4v) is 2.56. The summed E-state index contributed by atoms with van der Waals surface area (Å²) < 4.78 is 43.3. The lowest BCUT2D eigenvalue weighted by molar-refractivity contribution is 0.0546. The van der Waals surface area contributed by atoms with Gasteiger partial charge in [-0.1, -0.05) is 6.07 Å². The van der Waals surface area contributed by atoms with E-state index in [4.69, 9.17) is 14.2 Å². The fraction of sp³-hybridized carbons (Fsp3) is 0.455. The van der Waals surface area contributed by atoms with E-state index >= 15 is 0 Å². The van der Waals surface area contributed by atoms with E-state index in [2.05, 4.69) is 5.32 Å². The largest absolute Gasteiger partial charge is 0.491 e. The van der Waals surface area contributed by atoms with Crippen LogP contribution in [0.5, 0.6) is 11.5 Å². The highest BCUT2D eigenvalue weighted by Gasteiger charge is 2.19. The number of nitrogens with one attached hydrogen (secondary N) is 1. The molecule has 2 aromatic carbocycles. The average Bonchev–Trinajstić information content (AvgIpc) is 2.65. The second-order valence-electron chi connectivity index (χ2n) is 7.26. The summed E-state index contributed by atoms with van der Waals surface area (Å²) >= 11 is 0. The van der Waals surface area contributed by atoms with Gasteiger partial charge < -0.3 is 19.3 Å². The summed E-state index contributed by atoms with van der Waals surface area (Å²) in [4.78, 5) is 0. The zero-order valence-electron chi connectivity index (χ0n) is 17.1. The van der Waals surface area contributed by atoms with Crippen LogP contribution in [0.1, 0.15) is 26.3 Å². The first kappa shape index (κ1) is 23.1. The van der Waals surface area contributed by atoms with E-state index in [0.717, 1.165) is 6.07 Å². The lowest BCUT2D eigenvalue weighted by Gasteiger charge is -2.28. The Hall–Kier alpha value is -2.22. The molecule has 7 heteroatoms. The normalized spacial score (nSPS) is 12.6. The molecule has 0 radical (unpaired) electrons. The van der Waals surface area contributed by atoms with Gasteiger partial charge in [0, 0.05) is 12.6 Å². The van der Waals surface area contributed by atoms with Crippen LogP contribution < -0.4 is 14.8 Å². The van der Waals surface area contributed by atoms with Crippen LogP contribution in [-0.2, 0) is 11.2 Å². The molecule has 2 N–H and O–H groups in total. The minimum absolute atomic E-state index is 0.327. The van der Waals surface area contributed by atoms with Crippen molar-refractivity contribution in [1.29, 1.82) is 0 Å². The molecule has 0 aliphatic carbocycles. The number of rotatable bonds is 12. The number of aliphatic hydroxyl groups excluding tert-OH is 1. The van der Waals surface area contributed by atoms with Crippen LogP contribution in [0.2, 0.25) is 0 Å². The van der Waals surface area contributed by atoms with Gasteiger partial charge in [-0.05, 0) is 63.1 Å². The molecular formula is C22H29F2NO4. The molecule has 0 aliphatic rings. The SMILES string of the molecule is CC(O)CNC(C)(C)Oc1ccc(OCCOCCc2ccc(F)cc2F)cc1. The Kier molecular flexibility index (Phi) is 8.82. The molecule has 0 saturated carbocycles. The molecule has 1 atom stereocenters.